The van der Waals surface area contributed by atoms with E-state index in [9.17, 15) is 0 Å². The van der Waals surface area contributed by atoms with Crippen molar-refractivity contribution in [3.8, 4) is 0 Å². The molecule has 0 saturated carbocycles. The number of aromatic nitrogens is 1. The van der Waals surface area contributed by atoms with E-state index < -0.39 is 0 Å². The second-order valence-corrected chi connectivity index (χ2v) is 3.46. The van der Waals surface area contributed by atoms with Gasteiger partial charge in [0.2, 0.25) is 0 Å². The first-order valence-electron chi connectivity index (χ1n) is 5.84. The van der Waals surface area contributed by atoms with Crippen molar-refractivity contribution < 1.29 is 0 Å². The Morgan fingerprint density at radius 3 is 2.18 bits per heavy atom. The Balaban J connectivity index is 0.000000686. The fourth-order valence-corrected chi connectivity index (χ4v) is 1.38. The third-order valence-electron chi connectivity index (χ3n) is 2.26. The van der Waals surface area contributed by atoms with Crippen LogP contribution in [0.25, 0.3) is 0 Å². The smallest absolute Gasteiger partial charge is 0.0885 e. The number of hydrogen-bond donors (Lipinski definition) is 1. The van der Waals surface area contributed by atoms with Gasteiger partial charge in [-0.05, 0) is 19.1 Å². The molecule has 0 saturated heterocycles. The van der Waals surface area contributed by atoms with Crippen LogP contribution in [-0.2, 0) is 0 Å². The van der Waals surface area contributed by atoms with Gasteiger partial charge >= 0.3 is 0 Å². The van der Waals surface area contributed by atoms with Gasteiger partial charge in [0.05, 0.1) is 11.4 Å². The van der Waals surface area contributed by atoms with Gasteiger partial charge in [-0.15, -0.1) is 0 Å². The average Bonchev–Trinajstić information content (AvgIpc) is 2.42. The summed E-state index contributed by atoms with van der Waals surface area (Å²) in [7, 11) is 0. The third-order valence-corrected chi connectivity index (χ3v) is 2.26. The Labute approximate surface area is 103 Å². The number of nitrogens with zero attached hydrogens (tertiary/aromatic N) is 1. The summed E-state index contributed by atoms with van der Waals surface area (Å²) in [6.45, 7) is 6.04. The number of aryl methyl sites for hydroxylation is 1. The lowest BCUT2D eigenvalue weighted by molar-refractivity contribution is 1.27. The molecule has 0 atom stereocenters. The van der Waals surface area contributed by atoms with Crippen molar-refractivity contribution in [2.75, 3.05) is 0 Å². The van der Waals surface area contributed by atoms with E-state index in [1.54, 1.807) is 6.20 Å². The summed E-state index contributed by atoms with van der Waals surface area (Å²) in [6.07, 6.45) is 1.71. The molecule has 2 heteroatoms. The Morgan fingerprint density at radius 2 is 1.65 bits per heavy atom. The molecule has 0 aliphatic carbocycles. The molecular weight excluding hydrogens is 208 g/mol. The zero-order chi connectivity index (χ0) is 12.7. The molecular formula is C15H18N2. The van der Waals surface area contributed by atoms with Gasteiger partial charge in [-0.25, -0.2) is 0 Å². The van der Waals surface area contributed by atoms with Gasteiger partial charge in [-0.3, -0.25) is 10.4 Å². The second kappa shape index (κ2) is 6.59. The van der Waals surface area contributed by atoms with Crippen molar-refractivity contribution in [1.82, 2.24) is 4.98 Å². The highest BCUT2D eigenvalue weighted by molar-refractivity contribution is 6.09. The Bertz CT molecular complexity index is 458. The highest BCUT2D eigenvalue weighted by Crippen LogP contribution is 2.08. The van der Waals surface area contributed by atoms with Crippen LogP contribution in [0.3, 0.4) is 0 Å². The van der Waals surface area contributed by atoms with Crippen molar-refractivity contribution in [3.05, 3.63) is 65.5 Å². The first kappa shape index (κ1) is 13.1. The summed E-state index contributed by atoms with van der Waals surface area (Å²) in [6, 6.07) is 13.5. The molecule has 2 rings (SSSR count). The molecule has 1 N–H and O–H groups in total. The molecule has 2 aromatic rings. The molecule has 0 spiro atoms. The highest BCUT2D eigenvalue weighted by Gasteiger charge is 2.04. The molecule has 0 bridgehead atoms. The monoisotopic (exact) mass is 226 g/mol. The zero-order valence-corrected chi connectivity index (χ0v) is 10.6. The van der Waals surface area contributed by atoms with Crippen molar-refractivity contribution in [2.45, 2.75) is 20.8 Å². The molecule has 0 aliphatic rings. The number of nitrogens with one attached hydrogen (secondary N) is 1. The van der Waals surface area contributed by atoms with Crippen LogP contribution >= 0.6 is 0 Å². The van der Waals surface area contributed by atoms with Gasteiger partial charge in [0, 0.05) is 11.8 Å². The molecule has 0 aliphatic heterocycles. The minimum absolute atomic E-state index is 0.468. The first-order valence-corrected chi connectivity index (χ1v) is 5.84. The Morgan fingerprint density at radius 1 is 1.00 bits per heavy atom. The molecule has 0 radical (unpaired) electrons. The lowest BCUT2D eigenvalue weighted by atomic mass is 10.1. The molecule has 1 heterocycles. The minimum atomic E-state index is 0.468. The normalized spacial score (nSPS) is 9.12. The van der Waals surface area contributed by atoms with Gasteiger partial charge < -0.3 is 0 Å². The summed E-state index contributed by atoms with van der Waals surface area (Å²) >= 11 is 0. The van der Waals surface area contributed by atoms with E-state index >= 15 is 0 Å². The summed E-state index contributed by atoms with van der Waals surface area (Å²) in [4.78, 5) is 4.15. The maximum absolute atomic E-state index is 7.98. The van der Waals surface area contributed by atoms with E-state index in [1.807, 2.05) is 63.2 Å². The number of benzene rings is 1. The second-order valence-electron chi connectivity index (χ2n) is 3.46. The van der Waals surface area contributed by atoms with Crippen LogP contribution in [-0.4, -0.2) is 10.7 Å². The first-order chi connectivity index (χ1) is 8.27. The topological polar surface area (TPSA) is 36.7 Å². The molecule has 0 fully saturated rings. The molecule has 0 unspecified atom stereocenters. The molecule has 1 aromatic carbocycles. The van der Waals surface area contributed by atoms with Crippen LogP contribution in [0.15, 0.2) is 48.7 Å². The molecule has 88 valence electrons. The van der Waals surface area contributed by atoms with E-state index in [1.165, 1.54) is 5.56 Å². The lowest BCUT2D eigenvalue weighted by Gasteiger charge is -2.03. The van der Waals surface area contributed by atoms with Crippen molar-refractivity contribution in [3.63, 3.8) is 0 Å². The molecule has 0 amide bonds. The predicted molar refractivity (Wildman–Crippen MR) is 72.7 cm³/mol. The summed E-state index contributed by atoms with van der Waals surface area (Å²) in [5.41, 5.74) is 3.28. The Hall–Kier alpha value is -1.96. The fourth-order valence-electron chi connectivity index (χ4n) is 1.38. The van der Waals surface area contributed by atoms with Gasteiger partial charge in [-0.1, -0.05) is 49.7 Å². The Kier molecular flexibility index (Phi) is 5.08. The minimum Gasteiger partial charge on any atom is -0.298 e. The van der Waals surface area contributed by atoms with Gasteiger partial charge in [-0.2, -0.15) is 0 Å². The zero-order valence-electron chi connectivity index (χ0n) is 10.6. The van der Waals surface area contributed by atoms with Crippen molar-refractivity contribution in [1.29, 1.82) is 5.41 Å². The van der Waals surface area contributed by atoms with E-state index in [4.69, 9.17) is 5.41 Å². The largest absolute Gasteiger partial charge is 0.298 e. The predicted octanol–water partition coefficient (Wildman–Crippen LogP) is 3.83. The van der Waals surface area contributed by atoms with E-state index in [-0.39, 0.29) is 0 Å². The van der Waals surface area contributed by atoms with Crippen LogP contribution in [0.2, 0.25) is 0 Å². The molecule has 17 heavy (non-hydrogen) atoms. The summed E-state index contributed by atoms with van der Waals surface area (Å²) < 4.78 is 0. The molecule has 1 aromatic heterocycles. The average molecular weight is 226 g/mol. The highest BCUT2D eigenvalue weighted by atomic mass is 14.7. The number of rotatable bonds is 2. The van der Waals surface area contributed by atoms with Crippen LogP contribution in [0.5, 0.6) is 0 Å². The summed E-state index contributed by atoms with van der Waals surface area (Å²) in [5.74, 6) is 0. The maximum atomic E-state index is 7.98. The van der Waals surface area contributed by atoms with Crippen molar-refractivity contribution in [2.24, 2.45) is 0 Å². The van der Waals surface area contributed by atoms with Crippen LogP contribution in [0.4, 0.5) is 0 Å². The summed E-state index contributed by atoms with van der Waals surface area (Å²) in [5, 5.41) is 7.98. The van der Waals surface area contributed by atoms with Crippen LogP contribution in [0.1, 0.15) is 30.7 Å². The van der Waals surface area contributed by atoms with Crippen LogP contribution in [0, 0.1) is 12.3 Å². The quantitative estimate of drug-likeness (QED) is 0.776. The van der Waals surface area contributed by atoms with E-state index in [0.29, 0.717) is 11.4 Å². The van der Waals surface area contributed by atoms with Gasteiger partial charge in [0.15, 0.2) is 0 Å². The van der Waals surface area contributed by atoms with Gasteiger partial charge in [0.1, 0.15) is 0 Å². The van der Waals surface area contributed by atoms with Crippen LogP contribution < -0.4 is 0 Å². The number of hydrogen-bond acceptors (Lipinski definition) is 2. The van der Waals surface area contributed by atoms with E-state index in [2.05, 4.69) is 4.98 Å². The SMILES string of the molecule is CC.Cc1ccc(C(=N)c2ccccn2)cc1. The lowest BCUT2D eigenvalue weighted by Crippen LogP contribution is -2.03. The number of pyridine rings is 1. The third kappa shape index (κ3) is 3.52. The molecule has 2 nitrogen and oxygen atoms in total. The van der Waals surface area contributed by atoms with E-state index in [0.717, 1.165) is 5.56 Å². The van der Waals surface area contributed by atoms with Gasteiger partial charge in [0.25, 0.3) is 0 Å². The van der Waals surface area contributed by atoms with Crippen molar-refractivity contribution >= 4 is 5.71 Å². The maximum Gasteiger partial charge on any atom is 0.0885 e. The standard InChI is InChI=1S/C13H12N2.C2H6/c1-10-5-7-11(8-6-10)13(14)12-4-2-3-9-15-12;1-2/h2-9,14H,1H3;1-2H3. The fraction of sp³-hybridized carbons (Fsp3) is 0.200.